The fraction of sp³-hybridized carbons (Fsp3) is 0.167. The van der Waals surface area contributed by atoms with E-state index in [1.54, 1.807) is 32.2 Å². The number of rotatable bonds is 8. The van der Waals surface area contributed by atoms with Gasteiger partial charge in [0.25, 0.3) is 0 Å². The second-order valence-corrected chi connectivity index (χ2v) is 9.58. The van der Waals surface area contributed by atoms with E-state index in [2.05, 4.69) is 10.3 Å². The molecule has 0 aliphatic rings. The number of halogens is 3. The van der Waals surface area contributed by atoms with Gasteiger partial charge in [-0.2, -0.15) is 0 Å². The minimum absolute atomic E-state index is 0. The van der Waals surface area contributed by atoms with E-state index in [1.807, 2.05) is 67.6 Å². The van der Waals surface area contributed by atoms with E-state index in [-0.39, 0.29) is 30.8 Å². The van der Waals surface area contributed by atoms with Crippen LogP contribution in [-0.4, -0.2) is 29.9 Å². The number of pyridine rings is 1. The Bertz CT molecular complexity index is 1510. The topological polar surface area (TPSA) is 71.5 Å². The molecule has 3 aromatic carbocycles. The Morgan fingerprint density at radius 1 is 1.03 bits per heavy atom. The number of aryl methyl sites for hydroxylation is 1. The van der Waals surface area contributed by atoms with Gasteiger partial charge in [-0.15, -0.1) is 12.4 Å². The molecule has 4 rings (SSSR count). The van der Waals surface area contributed by atoms with Gasteiger partial charge in [0.2, 0.25) is 11.8 Å². The quantitative estimate of drug-likeness (QED) is 0.226. The van der Waals surface area contributed by atoms with Gasteiger partial charge in [-0.25, -0.2) is 4.98 Å². The lowest BCUT2D eigenvalue weighted by atomic mass is 10.1. The number of para-hydroxylation sites is 1. The number of nitrogens with zero attached hydrogens (tertiary/aromatic N) is 2. The van der Waals surface area contributed by atoms with Gasteiger partial charge >= 0.3 is 0 Å². The second-order valence-electron chi connectivity index (χ2n) is 8.80. The molecule has 9 heteroatoms. The van der Waals surface area contributed by atoms with E-state index in [4.69, 9.17) is 27.9 Å². The first-order chi connectivity index (χ1) is 18.2. The average molecular weight is 585 g/mol. The van der Waals surface area contributed by atoms with E-state index in [1.165, 1.54) is 11.0 Å². The number of ether oxygens (including phenoxy) is 1. The van der Waals surface area contributed by atoms with Crippen LogP contribution in [0.4, 0.5) is 5.69 Å². The molecule has 0 aliphatic heterocycles. The molecule has 0 radical (unpaired) electrons. The van der Waals surface area contributed by atoms with Crippen LogP contribution in [0.2, 0.25) is 10.0 Å². The molecule has 1 atom stereocenters. The third-order valence-electron chi connectivity index (χ3n) is 6.01. The number of likely N-dealkylation sites (N-methyl/N-ethyl adjacent to an activating group) is 1. The Labute approximate surface area is 244 Å². The highest BCUT2D eigenvalue weighted by atomic mass is 35.5. The van der Waals surface area contributed by atoms with Crippen LogP contribution in [0, 0.1) is 6.92 Å². The fourth-order valence-electron chi connectivity index (χ4n) is 3.93. The molecule has 6 nitrogen and oxygen atoms in total. The summed E-state index contributed by atoms with van der Waals surface area (Å²) in [6, 6.07) is 21.6. The van der Waals surface area contributed by atoms with Gasteiger partial charge in [0.15, 0.2) is 0 Å². The summed E-state index contributed by atoms with van der Waals surface area (Å²) in [7, 11) is 1.60. The van der Waals surface area contributed by atoms with Gasteiger partial charge in [0.05, 0.1) is 10.7 Å². The summed E-state index contributed by atoms with van der Waals surface area (Å²) in [5.74, 6) is -0.109. The number of nitrogens with one attached hydrogen (secondary N) is 1. The van der Waals surface area contributed by atoms with E-state index in [0.29, 0.717) is 27.0 Å². The largest absolute Gasteiger partial charge is 0.487 e. The van der Waals surface area contributed by atoms with Crippen molar-refractivity contribution in [2.75, 3.05) is 11.9 Å². The molecule has 0 saturated heterocycles. The molecule has 39 heavy (non-hydrogen) atoms. The number of aromatic nitrogens is 1. The van der Waals surface area contributed by atoms with Gasteiger partial charge in [0.1, 0.15) is 23.9 Å². The molecule has 0 bridgehead atoms. The van der Waals surface area contributed by atoms with E-state index in [9.17, 15) is 9.59 Å². The van der Waals surface area contributed by atoms with Crippen molar-refractivity contribution in [3.63, 3.8) is 0 Å². The number of benzene rings is 3. The number of fused-ring (bicyclic) bond motifs is 1. The zero-order valence-corrected chi connectivity index (χ0v) is 24.0. The van der Waals surface area contributed by atoms with Crippen LogP contribution in [-0.2, 0) is 16.2 Å². The second kappa shape index (κ2) is 13.5. The van der Waals surface area contributed by atoms with E-state index >= 15 is 0 Å². The third-order valence-corrected chi connectivity index (χ3v) is 6.78. The van der Waals surface area contributed by atoms with Gasteiger partial charge in [-0.05, 0) is 49.8 Å². The Balaban J connectivity index is 0.00000420. The number of hydrogen-bond donors (Lipinski definition) is 1. The highest BCUT2D eigenvalue weighted by molar-refractivity contribution is 6.38. The standard InChI is InChI=1S/C30H27Cl2N3O3.ClH/c1-19-12-14-22-10-7-11-26(29(22)33-19)38-18-23-24(31)15-16-25(28(23)32)35(3)30(37)20(2)34-27(36)17-13-21-8-5-4-6-9-21;/h4-17,20H,18H2,1-3H3,(H,34,36);1H. The van der Waals surface area contributed by atoms with Gasteiger partial charge < -0.3 is 15.0 Å². The number of carbonyl (C=O) groups is 2. The maximum Gasteiger partial charge on any atom is 0.249 e. The van der Waals surface area contributed by atoms with Crippen molar-refractivity contribution in [2.24, 2.45) is 0 Å². The molecule has 1 N–H and O–H groups in total. The Kier molecular flexibility index (Phi) is 10.4. The van der Waals surface area contributed by atoms with Crippen molar-refractivity contribution in [1.82, 2.24) is 10.3 Å². The first-order valence-electron chi connectivity index (χ1n) is 12.0. The Hall–Kier alpha value is -3.58. The number of amides is 2. The lowest BCUT2D eigenvalue weighted by Crippen LogP contribution is -2.45. The molecule has 1 heterocycles. The van der Waals surface area contributed by atoms with Gasteiger partial charge in [-0.3, -0.25) is 9.59 Å². The highest BCUT2D eigenvalue weighted by Crippen LogP contribution is 2.35. The number of anilines is 1. The monoisotopic (exact) mass is 583 g/mol. The molecular formula is C30H28Cl3N3O3. The van der Waals surface area contributed by atoms with Crippen LogP contribution in [0.5, 0.6) is 5.75 Å². The molecule has 202 valence electrons. The van der Waals surface area contributed by atoms with Gasteiger partial charge in [-0.1, -0.05) is 71.7 Å². The summed E-state index contributed by atoms with van der Waals surface area (Å²) >= 11 is 13.2. The van der Waals surface area contributed by atoms with Crippen LogP contribution >= 0.6 is 35.6 Å². The zero-order chi connectivity index (χ0) is 27.2. The summed E-state index contributed by atoms with van der Waals surface area (Å²) in [6.45, 7) is 3.62. The third kappa shape index (κ3) is 7.30. The maximum atomic E-state index is 13.1. The number of carbonyl (C=O) groups excluding carboxylic acids is 2. The molecule has 0 fully saturated rings. The van der Waals surface area contributed by atoms with Crippen LogP contribution in [0.25, 0.3) is 17.0 Å². The van der Waals surface area contributed by atoms with Gasteiger partial charge in [0, 0.05) is 34.8 Å². The van der Waals surface area contributed by atoms with Crippen molar-refractivity contribution in [1.29, 1.82) is 0 Å². The van der Waals surface area contributed by atoms with Crippen LogP contribution in [0.3, 0.4) is 0 Å². The predicted molar refractivity (Wildman–Crippen MR) is 161 cm³/mol. The SMILES string of the molecule is Cc1ccc2cccc(OCc3c(Cl)ccc(N(C)C(=O)C(C)NC(=O)C=Cc4ccccc4)c3Cl)c2n1.Cl. The number of hydrogen-bond acceptors (Lipinski definition) is 4. The summed E-state index contributed by atoms with van der Waals surface area (Å²) in [6.07, 6.45) is 3.08. The van der Waals surface area contributed by atoms with Crippen molar-refractivity contribution >= 4 is 70.1 Å². The molecule has 0 saturated carbocycles. The van der Waals surface area contributed by atoms with E-state index < -0.39 is 6.04 Å². The minimum Gasteiger partial charge on any atom is -0.487 e. The van der Waals surface area contributed by atoms with Crippen molar-refractivity contribution in [3.8, 4) is 5.75 Å². The smallest absolute Gasteiger partial charge is 0.249 e. The average Bonchev–Trinajstić information content (AvgIpc) is 2.91. The molecular weight excluding hydrogens is 557 g/mol. The first kappa shape index (κ1) is 30.0. The Morgan fingerprint density at radius 2 is 1.77 bits per heavy atom. The lowest BCUT2D eigenvalue weighted by Gasteiger charge is -2.24. The van der Waals surface area contributed by atoms with Crippen molar-refractivity contribution < 1.29 is 14.3 Å². The maximum absolute atomic E-state index is 13.1. The molecule has 1 aromatic heterocycles. The molecule has 1 unspecified atom stereocenters. The Morgan fingerprint density at radius 3 is 2.51 bits per heavy atom. The summed E-state index contributed by atoms with van der Waals surface area (Å²) in [5.41, 5.74) is 3.50. The first-order valence-corrected chi connectivity index (χ1v) is 12.8. The van der Waals surface area contributed by atoms with Crippen LogP contribution in [0.15, 0.2) is 78.9 Å². The van der Waals surface area contributed by atoms with Crippen molar-refractivity contribution in [3.05, 3.63) is 106 Å². The van der Waals surface area contributed by atoms with Crippen molar-refractivity contribution in [2.45, 2.75) is 26.5 Å². The molecule has 0 spiro atoms. The summed E-state index contributed by atoms with van der Waals surface area (Å²) in [4.78, 5) is 31.5. The lowest BCUT2D eigenvalue weighted by molar-refractivity contribution is -0.124. The van der Waals surface area contributed by atoms with Crippen LogP contribution in [0.1, 0.15) is 23.7 Å². The highest BCUT2D eigenvalue weighted by Gasteiger charge is 2.23. The predicted octanol–water partition coefficient (Wildman–Crippen LogP) is 7.03. The normalized spacial score (nSPS) is 11.6. The molecule has 2 amide bonds. The molecule has 0 aliphatic carbocycles. The molecule has 4 aromatic rings. The summed E-state index contributed by atoms with van der Waals surface area (Å²) in [5, 5.41) is 4.36. The minimum atomic E-state index is -0.788. The van der Waals surface area contributed by atoms with Crippen LogP contribution < -0.4 is 15.0 Å². The summed E-state index contributed by atoms with van der Waals surface area (Å²) < 4.78 is 6.08. The zero-order valence-electron chi connectivity index (χ0n) is 21.7. The van der Waals surface area contributed by atoms with E-state index in [0.717, 1.165) is 22.2 Å². The fourth-order valence-corrected chi connectivity index (χ4v) is 4.54.